The van der Waals surface area contributed by atoms with Gasteiger partial charge in [-0.3, -0.25) is 20.4 Å². The predicted molar refractivity (Wildman–Crippen MR) is 94.3 cm³/mol. The second-order valence-corrected chi connectivity index (χ2v) is 5.35. The van der Waals surface area contributed by atoms with Crippen LogP contribution < -0.4 is 15.6 Å². The van der Waals surface area contributed by atoms with Crippen molar-refractivity contribution in [2.24, 2.45) is 0 Å². The van der Waals surface area contributed by atoms with Gasteiger partial charge in [0.15, 0.2) is 0 Å². The van der Waals surface area contributed by atoms with E-state index in [1.165, 1.54) is 24.3 Å². The summed E-state index contributed by atoms with van der Waals surface area (Å²) in [5, 5.41) is 0. The minimum Gasteiger partial charge on any atom is -0.457 e. The molecule has 0 heterocycles. The summed E-state index contributed by atoms with van der Waals surface area (Å²) in [6.07, 6.45) is 0. The van der Waals surface area contributed by atoms with Crippen LogP contribution in [0.2, 0.25) is 0 Å². The molecule has 0 fully saturated rings. The van der Waals surface area contributed by atoms with Gasteiger partial charge >= 0.3 is 0 Å². The first-order valence-electron chi connectivity index (χ1n) is 7.81. The number of amides is 2. The molecule has 0 atom stereocenters. The Bertz CT molecular complexity index is 895. The van der Waals surface area contributed by atoms with Crippen molar-refractivity contribution in [3.63, 3.8) is 0 Å². The first kappa shape index (κ1) is 17.2. The van der Waals surface area contributed by atoms with Gasteiger partial charge in [-0.05, 0) is 60.7 Å². The lowest BCUT2D eigenvalue weighted by atomic mass is 10.2. The van der Waals surface area contributed by atoms with Crippen molar-refractivity contribution in [3.8, 4) is 11.5 Å². The Kier molecular flexibility index (Phi) is 5.24. The van der Waals surface area contributed by atoms with Gasteiger partial charge in [0, 0.05) is 11.1 Å². The summed E-state index contributed by atoms with van der Waals surface area (Å²) in [5.74, 6) is -0.183. The van der Waals surface area contributed by atoms with Crippen molar-refractivity contribution in [2.45, 2.75) is 0 Å². The van der Waals surface area contributed by atoms with Crippen molar-refractivity contribution < 1.29 is 18.7 Å². The highest BCUT2D eigenvalue weighted by molar-refractivity contribution is 5.99. The molecule has 0 bridgehead atoms. The van der Waals surface area contributed by atoms with E-state index in [1.54, 1.807) is 24.3 Å². The fourth-order valence-corrected chi connectivity index (χ4v) is 2.16. The zero-order valence-electron chi connectivity index (χ0n) is 13.6. The summed E-state index contributed by atoms with van der Waals surface area (Å²) in [6.45, 7) is 0. The topological polar surface area (TPSA) is 67.4 Å². The molecule has 3 aromatic rings. The summed E-state index contributed by atoms with van der Waals surface area (Å²) in [4.78, 5) is 24.0. The molecule has 130 valence electrons. The lowest BCUT2D eigenvalue weighted by molar-refractivity contribution is 0.0846. The zero-order chi connectivity index (χ0) is 18.4. The third-order valence-electron chi connectivity index (χ3n) is 3.49. The molecule has 0 aliphatic rings. The van der Waals surface area contributed by atoms with Crippen LogP contribution in [0, 0.1) is 5.82 Å². The molecule has 2 N–H and O–H groups in total. The molecular weight excluding hydrogens is 335 g/mol. The molecule has 0 radical (unpaired) electrons. The van der Waals surface area contributed by atoms with E-state index in [-0.39, 0.29) is 5.56 Å². The number of carbonyl (C=O) groups excluding carboxylic acids is 2. The highest BCUT2D eigenvalue weighted by Crippen LogP contribution is 2.21. The second kappa shape index (κ2) is 7.94. The minimum absolute atomic E-state index is 0.235. The Hall–Kier alpha value is -3.67. The van der Waals surface area contributed by atoms with Gasteiger partial charge in [-0.2, -0.15) is 0 Å². The van der Waals surface area contributed by atoms with Gasteiger partial charge in [-0.15, -0.1) is 0 Å². The van der Waals surface area contributed by atoms with Gasteiger partial charge < -0.3 is 4.74 Å². The molecule has 3 aromatic carbocycles. The van der Waals surface area contributed by atoms with Gasteiger partial charge in [0.25, 0.3) is 11.8 Å². The van der Waals surface area contributed by atoms with E-state index in [1.807, 2.05) is 30.3 Å². The van der Waals surface area contributed by atoms with Gasteiger partial charge in [-0.25, -0.2) is 4.39 Å². The maximum absolute atomic E-state index is 12.8. The quantitative estimate of drug-likeness (QED) is 0.705. The van der Waals surface area contributed by atoms with Crippen LogP contribution in [0.4, 0.5) is 4.39 Å². The number of rotatable bonds is 4. The third-order valence-corrected chi connectivity index (χ3v) is 3.49. The Labute approximate surface area is 149 Å². The maximum Gasteiger partial charge on any atom is 0.269 e. The van der Waals surface area contributed by atoms with Crippen molar-refractivity contribution in [3.05, 3.63) is 95.8 Å². The number of hydrogen-bond donors (Lipinski definition) is 2. The number of hydrogen-bond acceptors (Lipinski definition) is 3. The maximum atomic E-state index is 12.8. The summed E-state index contributed by atoms with van der Waals surface area (Å²) >= 11 is 0. The molecule has 0 unspecified atom stereocenters. The van der Waals surface area contributed by atoms with Crippen molar-refractivity contribution >= 4 is 11.8 Å². The number of halogens is 1. The van der Waals surface area contributed by atoms with Crippen LogP contribution in [0.5, 0.6) is 11.5 Å². The van der Waals surface area contributed by atoms with E-state index in [9.17, 15) is 14.0 Å². The lowest BCUT2D eigenvalue weighted by Crippen LogP contribution is -2.41. The molecule has 0 aromatic heterocycles. The van der Waals surface area contributed by atoms with E-state index in [0.29, 0.717) is 17.1 Å². The molecule has 0 aliphatic carbocycles. The summed E-state index contributed by atoms with van der Waals surface area (Å²) in [6, 6.07) is 20.7. The fraction of sp³-hybridized carbons (Fsp3) is 0. The summed E-state index contributed by atoms with van der Waals surface area (Å²) in [7, 11) is 0. The number of para-hydroxylation sites is 1. The molecule has 0 aliphatic heterocycles. The van der Waals surface area contributed by atoms with Crippen molar-refractivity contribution in [2.75, 3.05) is 0 Å². The Balaban J connectivity index is 1.56. The Morgan fingerprint density at radius 2 is 1.12 bits per heavy atom. The normalized spacial score (nSPS) is 10.0. The standard InChI is InChI=1S/C20H15FN2O3/c21-16-10-6-14(7-11-16)19(24)22-23-20(25)15-8-12-18(13-9-15)26-17-4-2-1-3-5-17/h1-13H,(H,22,24)(H,23,25). The van der Waals surface area contributed by atoms with Crippen LogP contribution >= 0.6 is 0 Å². The van der Waals surface area contributed by atoms with Crippen LogP contribution in [0.15, 0.2) is 78.9 Å². The van der Waals surface area contributed by atoms with Crippen LogP contribution in [-0.4, -0.2) is 11.8 Å². The third kappa shape index (κ3) is 4.45. The van der Waals surface area contributed by atoms with E-state index in [4.69, 9.17) is 4.74 Å². The minimum atomic E-state index is -0.539. The number of benzene rings is 3. The van der Waals surface area contributed by atoms with Crippen molar-refractivity contribution in [1.29, 1.82) is 0 Å². The van der Waals surface area contributed by atoms with E-state index in [0.717, 1.165) is 0 Å². The van der Waals surface area contributed by atoms with Gasteiger partial charge in [0.1, 0.15) is 17.3 Å². The summed E-state index contributed by atoms with van der Waals surface area (Å²) in [5.41, 5.74) is 5.17. The molecular formula is C20H15FN2O3. The number of ether oxygens (including phenoxy) is 1. The highest BCUT2D eigenvalue weighted by atomic mass is 19.1. The van der Waals surface area contributed by atoms with Crippen LogP contribution in [-0.2, 0) is 0 Å². The first-order chi connectivity index (χ1) is 12.6. The number of carbonyl (C=O) groups is 2. The summed E-state index contributed by atoms with van der Waals surface area (Å²) < 4.78 is 18.5. The predicted octanol–water partition coefficient (Wildman–Crippen LogP) is 3.69. The SMILES string of the molecule is O=C(NNC(=O)c1ccc(Oc2ccccc2)cc1)c1ccc(F)cc1. The molecule has 26 heavy (non-hydrogen) atoms. The first-order valence-corrected chi connectivity index (χ1v) is 7.81. The van der Waals surface area contributed by atoms with E-state index in [2.05, 4.69) is 10.9 Å². The van der Waals surface area contributed by atoms with Crippen LogP contribution in [0.3, 0.4) is 0 Å². The van der Waals surface area contributed by atoms with E-state index < -0.39 is 17.6 Å². The average Bonchev–Trinajstić information content (AvgIpc) is 2.68. The molecule has 0 saturated carbocycles. The molecule has 2 amide bonds. The Morgan fingerprint density at radius 1 is 0.654 bits per heavy atom. The van der Waals surface area contributed by atoms with Gasteiger partial charge in [-0.1, -0.05) is 18.2 Å². The number of nitrogens with one attached hydrogen (secondary N) is 2. The monoisotopic (exact) mass is 350 g/mol. The largest absolute Gasteiger partial charge is 0.457 e. The van der Waals surface area contributed by atoms with Crippen molar-refractivity contribution in [1.82, 2.24) is 10.9 Å². The number of hydrazine groups is 1. The van der Waals surface area contributed by atoms with Crippen LogP contribution in [0.25, 0.3) is 0 Å². The average molecular weight is 350 g/mol. The molecule has 5 nitrogen and oxygen atoms in total. The smallest absolute Gasteiger partial charge is 0.269 e. The highest BCUT2D eigenvalue weighted by Gasteiger charge is 2.09. The van der Waals surface area contributed by atoms with Gasteiger partial charge in [0.05, 0.1) is 0 Å². The van der Waals surface area contributed by atoms with E-state index >= 15 is 0 Å². The molecule has 3 rings (SSSR count). The van der Waals surface area contributed by atoms with Gasteiger partial charge in [0.2, 0.25) is 0 Å². The second-order valence-electron chi connectivity index (χ2n) is 5.35. The lowest BCUT2D eigenvalue weighted by Gasteiger charge is -2.09. The zero-order valence-corrected chi connectivity index (χ0v) is 13.6. The molecule has 0 spiro atoms. The fourth-order valence-electron chi connectivity index (χ4n) is 2.16. The molecule has 0 saturated heterocycles. The van der Waals surface area contributed by atoms with Crippen LogP contribution in [0.1, 0.15) is 20.7 Å². The Morgan fingerprint density at radius 3 is 1.65 bits per heavy atom. The molecule has 6 heteroatoms.